The summed E-state index contributed by atoms with van der Waals surface area (Å²) in [5.41, 5.74) is 3.01. The Morgan fingerprint density at radius 1 is 1.29 bits per heavy atom. The lowest BCUT2D eigenvalue weighted by atomic mass is 10.1. The summed E-state index contributed by atoms with van der Waals surface area (Å²) in [7, 11) is 1.68. The number of hydrogen-bond acceptors (Lipinski definition) is 5. The average molecular weight is 397 g/mol. The number of fused-ring (bicyclic) bond motifs is 1. The van der Waals surface area contributed by atoms with Gasteiger partial charge in [0.1, 0.15) is 5.75 Å². The van der Waals surface area contributed by atoms with Gasteiger partial charge in [-0.15, -0.1) is 0 Å². The number of aromatic nitrogens is 2. The number of methoxy groups -OCH3 is 1. The molecule has 2 aromatic carbocycles. The van der Waals surface area contributed by atoms with Crippen molar-refractivity contribution >= 4 is 22.7 Å². The summed E-state index contributed by atoms with van der Waals surface area (Å²) in [6, 6.07) is 13.7. The first-order chi connectivity index (χ1) is 13.7. The van der Waals surface area contributed by atoms with Crippen LogP contribution in [-0.2, 0) is 17.0 Å². The zero-order chi connectivity index (χ0) is 19.5. The van der Waals surface area contributed by atoms with E-state index in [-0.39, 0.29) is 11.7 Å². The molecule has 1 saturated heterocycles. The molecular weight excluding hydrogens is 372 g/mol. The van der Waals surface area contributed by atoms with Crippen molar-refractivity contribution < 1.29 is 9.47 Å². The van der Waals surface area contributed by atoms with Crippen molar-refractivity contribution in [3.8, 4) is 5.75 Å². The highest BCUT2D eigenvalue weighted by molar-refractivity contribution is 7.98. The first-order valence-corrected chi connectivity index (χ1v) is 10.5. The summed E-state index contributed by atoms with van der Waals surface area (Å²) in [4.78, 5) is 18.0. The number of para-hydroxylation sites is 1. The van der Waals surface area contributed by atoms with Crippen LogP contribution in [0, 0.1) is 6.92 Å². The van der Waals surface area contributed by atoms with Crippen molar-refractivity contribution in [2.45, 2.75) is 43.3 Å². The molecule has 0 amide bonds. The van der Waals surface area contributed by atoms with Crippen molar-refractivity contribution in [2.75, 3.05) is 13.7 Å². The van der Waals surface area contributed by atoms with Crippen molar-refractivity contribution in [1.29, 1.82) is 0 Å². The van der Waals surface area contributed by atoms with Gasteiger partial charge < -0.3 is 9.47 Å². The molecule has 3 aromatic rings. The fourth-order valence-corrected chi connectivity index (χ4v) is 4.56. The Morgan fingerprint density at radius 3 is 2.93 bits per heavy atom. The van der Waals surface area contributed by atoms with Gasteiger partial charge in [0.2, 0.25) is 0 Å². The van der Waals surface area contributed by atoms with Crippen LogP contribution < -0.4 is 10.3 Å². The number of rotatable bonds is 6. The van der Waals surface area contributed by atoms with E-state index >= 15 is 0 Å². The van der Waals surface area contributed by atoms with Crippen LogP contribution in [0.2, 0.25) is 0 Å². The zero-order valence-corrected chi connectivity index (χ0v) is 17.0. The summed E-state index contributed by atoms with van der Waals surface area (Å²) < 4.78 is 13.1. The smallest absolute Gasteiger partial charge is 0.262 e. The molecule has 5 nitrogen and oxygen atoms in total. The van der Waals surface area contributed by atoms with Gasteiger partial charge in [0.15, 0.2) is 5.16 Å². The maximum Gasteiger partial charge on any atom is 0.262 e. The molecular formula is C22H24N2O3S. The van der Waals surface area contributed by atoms with E-state index in [0.717, 1.165) is 41.4 Å². The normalized spacial score (nSPS) is 16.6. The van der Waals surface area contributed by atoms with Gasteiger partial charge in [0, 0.05) is 17.9 Å². The Labute approximate surface area is 168 Å². The third kappa shape index (κ3) is 3.93. The highest BCUT2D eigenvalue weighted by Gasteiger charge is 2.20. The van der Waals surface area contributed by atoms with Crippen molar-refractivity contribution in [3.05, 3.63) is 63.9 Å². The SMILES string of the molecule is COc1ccc(C)cc1CSc1nc2ccccc2c(=O)n1C[C@@H]1CCCO1. The first-order valence-electron chi connectivity index (χ1n) is 9.53. The van der Waals surface area contributed by atoms with Gasteiger partial charge in [-0.3, -0.25) is 9.36 Å². The van der Waals surface area contributed by atoms with Gasteiger partial charge in [0.05, 0.1) is 30.7 Å². The topological polar surface area (TPSA) is 53.3 Å². The minimum absolute atomic E-state index is 0.000178. The Bertz CT molecular complexity index is 1040. The van der Waals surface area contributed by atoms with Gasteiger partial charge in [-0.05, 0) is 38.0 Å². The van der Waals surface area contributed by atoms with Crippen LogP contribution in [0.3, 0.4) is 0 Å². The minimum atomic E-state index is -0.000178. The van der Waals surface area contributed by atoms with Crippen LogP contribution in [0.1, 0.15) is 24.0 Å². The average Bonchev–Trinajstić information content (AvgIpc) is 3.22. The molecule has 0 N–H and O–H groups in total. The maximum atomic E-state index is 13.2. The molecule has 1 aliphatic heterocycles. The molecule has 146 valence electrons. The summed E-state index contributed by atoms with van der Waals surface area (Å²) >= 11 is 1.57. The number of thioether (sulfide) groups is 1. The lowest BCUT2D eigenvalue weighted by Crippen LogP contribution is -2.28. The number of aryl methyl sites for hydroxylation is 1. The lowest BCUT2D eigenvalue weighted by molar-refractivity contribution is 0.0937. The molecule has 1 aromatic heterocycles. The second-order valence-corrected chi connectivity index (χ2v) is 8.01. The quantitative estimate of drug-likeness (QED) is 0.462. The molecule has 1 fully saturated rings. The fourth-order valence-electron chi connectivity index (χ4n) is 3.57. The molecule has 0 spiro atoms. The Balaban J connectivity index is 1.70. The molecule has 0 bridgehead atoms. The van der Waals surface area contributed by atoms with E-state index in [0.29, 0.717) is 17.7 Å². The van der Waals surface area contributed by atoms with Gasteiger partial charge in [-0.1, -0.05) is 41.6 Å². The van der Waals surface area contributed by atoms with E-state index in [1.807, 2.05) is 36.4 Å². The van der Waals surface area contributed by atoms with E-state index in [9.17, 15) is 4.79 Å². The Kier molecular flexibility index (Phi) is 5.69. The van der Waals surface area contributed by atoms with Gasteiger partial charge >= 0.3 is 0 Å². The summed E-state index contributed by atoms with van der Waals surface area (Å²) in [5, 5.41) is 1.38. The fraction of sp³-hybridized carbons (Fsp3) is 0.364. The lowest BCUT2D eigenvalue weighted by Gasteiger charge is -2.17. The molecule has 2 heterocycles. The van der Waals surface area contributed by atoms with Crippen molar-refractivity contribution in [2.24, 2.45) is 0 Å². The second kappa shape index (κ2) is 8.37. The molecule has 0 unspecified atom stereocenters. The molecule has 0 aliphatic carbocycles. The van der Waals surface area contributed by atoms with Crippen LogP contribution in [0.4, 0.5) is 0 Å². The van der Waals surface area contributed by atoms with Gasteiger partial charge in [-0.25, -0.2) is 4.98 Å². The first kappa shape index (κ1) is 19.0. The monoisotopic (exact) mass is 396 g/mol. The molecule has 0 saturated carbocycles. The van der Waals surface area contributed by atoms with E-state index in [2.05, 4.69) is 13.0 Å². The highest BCUT2D eigenvalue weighted by Crippen LogP contribution is 2.29. The van der Waals surface area contributed by atoms with Gasteiger partial charge in [-0.2, -0.15) is 0 Å². The Morgan fingerprint density at radius 2 is 2.14 bits per heavy atom. The Hall–Kier alpha value is -2.31. The largest absolute Gasteiger partial charge is 0.496 e. The van der Waals surface area contributed by atoms with Gasteiger partial charge in [0.25, 0.3) is 5.56 Å². The van der Waals surface area contributed by atoms with Crippen LogP contribution in [0.5, 0.6) is 5.75 Å². The standard InChI is InChI=1S/C22H24N2O3S/c1-15-9-10-20(26-2)16(12-15)14-28-22-23-19-8-4-3-7-18(19)21(25)24(22)13-17-6-5-11-27-17/h3-4,7-10,12,17H,5-6,11,13-14H2,1-2H3/t17-/m0/s1. The van der Waals surface area contributed by atoms with Crippen molar-refractivity contribution in [1.82, 2.24) is 9.55 Å². The molecule has 6 heteroatoms. The summed E-state index contributed by atoms with van der Waals surface area (Å²) in [6.45, 7) is 3.38. The van der Waals surface area contributed by atoms with Crippen LogP contribution >= 0.6 is 11.8 Å². The van der Waals surface area contributed by atoms with Crippen LogP contribution in [-0.4, -0.2) is 29.4 Å². The third-order valence-corrected chi connectivity index (χ3v) is 6.05. The zero-order valence-electron chi connectivity index (χ0n) is 16.2. The highest BCUT2D eigenvalue weighted by atomic mass is 32.2. The molecule has 4 rings (SSSR count). The summed E-state index contributed by atoms with van der Waals surface area (Å²) in [6.07, 6.45) is 2.10. The van der Waals surface area contributed by atoms with E-state index in [1.54, 1.807) is 23.4 Å². The van der Waals surface area contributed by atoms with Crippen LogP contribution in [0.15, 0.2) is 52.4 Å². The molecule has 1 aliphatic rings. The predicted molar refractivity (Wildman–Crippen MR) is 112 cm³/mol. The number of nitrogens with zero attached hydrogens (tertiary/aromatic N) is 2. The number of hydrogen-bond donors (Lipinski definition) is 0. The molecule has 1 atom stereocenters. The van der Waals surface area contributed by atoms with E-state index in [1.165, 1.54) is 5.56 Å². The van der Waals surface area contributed by atoms with Crippen molar-refractivity contribution in [3.63, 3.8) is 0 Å². The number of benzene rings is 2. The summed E-state index contributed by atoms with van der Waals surface area (Å²) in [5.74, 6) is 1.54. The molecule has 28 heavy (non-hydrogen) atoms. The second-order valence-electron chi connectivity index (χ2n) is 7.07. The number of ether oxygens (including phenoxy) is 2. The van der Waals surface area contributed by atoms with E-state index in [4.69, 9.17) is 14.5 Å². The predicted octanol–water partition coefficient (Wildman–Crippen LogP) is 4.18. The minimum Gasteiger partial charge on any atom is -0.496 e. The molecule has 0 radical (unpaired) electrons. The van der Waals surface area contributed by atoms with E-state index < -0.39 is 0 Å². The van der Waals surface area contributed by atoms with Crippen LogP contribution in [0.25, 0.3) is 10.9 Å². The third-order valence-electron chi connectivity index (χ3n) is 5.03. The maximum absolute atomic E-state index is 13.2.